The summed E-state index contributed by atoms with van der Waals surface area (Å²) in [5.41, 5.74) is 7.92. The maximum absolute atomic E-state index is 11.7. The van der Waals surface area contributed by atoms with Crippen molar-refractivity contribution < 1.29 is 9.53 Å². The number of para-hydroxylation sites is 1. The summed E-state index contributed by atoms with van der Waals surface area (Å²) >= 11 is 0. The first-order valence-electron chi connectivity index (χ1n) is 6.80. The van der Waals surface area contributed by atoms with Crippen LogP contribution in [0.25, 0.3) is 0 Å². The molecule has 1 unspecified atom stereocenters. The summed E-state index contributed by atoms with van der Waals surface area (Å²) < 4.78 is 4.76. The summed E-state index contributed by atoms with van der Waals surface area (Å²) in [7, 11) is 5.44. The van der Waals surface area contributed by atoms with E-state index in [1.807, 2.05) is 26.2 Å². The second-order valence-corrected chi connectivity index (χ2v) is 5.13. The Morgan fingerprint density at radius 2 is 2.05 bits per heavy atom. The molecule has 20 heavy (non-hydrogen) atoms. The molecule has 5 heteroatoms. The number of hydrogen-bond acceptors (Lipinski definition) is 5. The first kappa shape index (κ1) is 16.3. The average molecular weight is 279 g/mol. The Bertz CT molecular complexity index is 460. The van der Waals surface area contributed by atoms with Gasteiger partial charge in [-0.2, -0.15) is 0 Å². The Morgan fingerprint density at radius 3 is 2.55 bits per heavy atom. The molecule has 0 saturated carbocycles. The van der Waals surface area contributed by atoms with E-state index in [0.29, 0.717) is 17.3 Å². The van der Waals surface area contributed by atoms with Crippen molar-refractivity contribution >= 4 is 17.3 Å². The van der Waals surface area contributed by atoms with Gasteiger partial charge >= 0.3 is 5.97 Å². The smallest absolute Gasteiger partial charge is 0.340 e. The molecule has 112 valence electrons. The number of ether oxygens (including phenoxy) is 1. The van der Waals surface area contributed by atoms with E-state index in [-0.39, 0.29) is 0 Å². The van der Waals surface area contributed by atoms with Crippen molar-refractivity contribution in [3.8, 4) is 0 Å². The van der Waals surface area contributed by atoms with E-state index >= 15 is 0 Å². The van der Waals surface area contributed by atoms with Crippen LogP contribution < -0.4 is 10.6 Å². The molecule has 1 atom stereocenters. The lowest BCUT2D eigenvalue weighted by atomic mass is 10.1. The number of esters is 1. The average Bonchev–Trinajstić information content (AvgIpc) is 2.39. The van der Waals surface area contributed by atoms with Crippen LogP contribution in [0.5, 0.6) is 0 Å². The molecule has 0 saturated heterocycles. The van der Waals surface area contributed by atoms with Crippen LogP contribution in [0.2, 0.25) is 0 Å². The second-order valence-electron chi connectivity index (χ2n) is 5.13. The van der Waals surface area contributed by atoms with E-state index in [2.05, 4.69) is 23.6 Å². The Labute approximate surface area is 121 Å². The van der Waals surface area contributed by atoms with Crippen molar-refractivity contribution in [2.45, 2.75) is 19.9 Å². The molecule has 0 aliphatic rings. The van der Waals surface area contributed by atoms with Crippen LogP contribution in [-0.2, 0) is 4.74 Å². The minimum Gasteiger partial charge on any atom is -0.465 e. The monoisotopic (exact) mass is 279 g/mol. The zero-order valence-corrected chi connectivity index (χ0v) is 13.0. The van der Waals surface area contributed by atoms with E-state index in [4.69, 9.17) is 10.5 Å². The third-order valence-corrected chi connectivity index (χ3v) is 3.30. The topological polar surface area (TPSA) is 58.8 Å². The lowest BCUT2D eigenvalue weighted by Gasteiger charge is -2.33. The number of hydrogen-bond donors (Lipinski definition) is 1. The van der Waals surface area contributed by atoms with Crippen molar-refractivity contribution in [2.24, 2.45) is 0 Å². The lowest BCUT2D eigenvalue weighted by molar-refractivity contribution is 0.0602. The Hall–Kier alpha value is -1.75. The van der Waals surface area contributed by atoms with Gasteiger partial charge in [0.1, 0.15) is 0 Å². The molecule has 0 aliphatic carbocycles. The summed E-state index contributed by atoms with van der Waals surface area (Å²) in [5.74, 6) is -0.402. The molecule has 0 bridgehead atoms. The van der Waals surface area contributed by atoms with Crippen molar-refractivity contribution in [3.63, 3.8) is 0 Å². The number of likely N-dealkylation sites (N-methyl/N-ethyl adjacent to an activating group) is 2. The zero-order chi connectivity index (χ0) is 15.3. The molecular weight excluding hydrogens is 254 g/mol. The highest BCUT2D eigenvalue weighted by molar-refractivity contribution is 5.98. The van der Waals surface area contributed by atoms with Gasteiger partial charge in [0.25, 0.3) is 0 Å². The van der Waals surface area contributed by atoms with Crippen LogP contribution in [0.4, 0.5) is 11.4 Å². The van der Waals surface area contributed by atoms with Gasteiger partial charge in [0.15, 0.2) is 0 Å². The Morgan fingerprint density at radius 1 is 1.40 bits per heavy atom. The van der Waals surface area contributed by atoms with Crippen LogP contribution in [0, 0.1) is 0 Å². The van der Waals surface area contributed by atoms with Gasteiger partial charge in [0.05, 0.1) is 24.0 Å². The van der Waals surface area contributed by atoms with Crippen LogP contribution in [0.3, 0.4) is 0 Å². The fraction of sp³-hybridized carbons (Fsp3) is 0.533. The quantitative estimate of drug-likeness (QED) is 0.636. The molecule has 5 nitrogen and oxygen atoms in total. The minimum absolute atomic E-state index is 0.296. The van der Waals surface area contributed by atoms with Gasteiger partial charge < -0.3 is 20.3 Å². The fourth-order valence-corrected chi connectivity index (χ4v) is 2.44. The number of carbonyl (C=O) groups is 1. The van der Waals surface area contributed by atoms with Gasteiger partial charge in [-0.15, -0.1) is 0 Å². The number of nitrogens with zero attached hydrogens (tertiary/aromatic N) is 2. The van der Waals surface area contributed by atoms with E-state index in [1.165, 1.54) is 7.11 Å². The molecule has 0 radical (unpaired) electrons. The highest BCUT2D eigenvalue weighted by atomic mass is 16.5. The van der Waals surface area contributed by atoms with Crippen LogP contribution in [0.15, 0.2) is 18.2 Å². The molecule has 0 aromatic heterocycles. The van der Waals surface area contributed by atoms with Gasteiger partial charge in [-0.1, -0.05) is 6.07 Å². The maximum atomic E-state index is 11.7. The van der Waals surface area contributed by atoms with Crippen LogP contribution >= 0.6 is 0 Å². The summed E-state index contributed by atoms with van der Waals surface area (Å²) in [4.78, 5) is 16.0. The van der Waals surface area contributed by atoms with Gasteiger partial charge in [-0.3, -0.25) is 0 Å². The summed E-state index contributed by atoms with van der Waals surface area (Å²) in [6.07, 6.45) is 0. The fourth-order valence-electron chi connectivity index (χ4n) is 2.44. The molecule has 0 aliphatic heterocycles. The number of rotatable bonds is 6. The Balaban J connectivity index is 3.13. The SMILES string of the molecule is CCN(c1cccc(C(=O)OC)c1N)C(C)CN(C)C. The highest BCUT2D eigenvalue weighted by Crippen LogP contribution is 2.28. The largest absolute Gasteiger partial charge is 0.465 e. The Kier molecular flexibility index (Phi) is 5.82. The number of benzene rings is 1. The molecule has 1 aromatic carbocycles. The molecule has 1 aromatic rings. The maximum Gasteiger partial charge on any atom is 0.340 e. The van der Waals surface area contributed by atoms with Crippen LogP contribution in [0.1, 0.15) is 24.2 Å². The van der Waals surface area contributed by atoms with Crippen molar-refractivity contribution in [3.05, 3.63) is 23.8 Å². The second kappa shape index (κ2) is 7.14. The predicted octanol–water partition coefficient (Wildman–Crippen LogP) is 1.83. The molecule has 2 N–H and O–H groups in total. The van der Waals surface area contributed by atoms with Gasteiger partial charge in [-0.25, -0.2) is 4.79 Å². The zero-order valence-electron chi connectivity index (χ0n) is 13.0. The number of methoxy groups -OCH3 is 1. The highest BCUT2D eigenvalue weighted by Gasteiger charge is 2.19. The number of carbonyl (C=O) groups excluding carboxylic acids is 1. The lowest BCUT2D eigenvalue weighted by Crippen LogP contribution is -2.40. The molecule has 0 amide bonds. The first-order chi connectivity index (χ1) is 9.42. The molecule has 0 heterocycles. The normalized spacial score (nSPS) is 12.3. The molecule has 0 fully saturated rings. The van der Waals surface area contributed by atoms with E-state index in [0.717, 1.165) is 18.8 Å². The van der Waals surface area contributed by atoms with Crippen LogP contribution in [-0.4, -0.2) is 51.2 Å². The van der Waals surface area contributed by atoms with E-state index < -0.39 is 5.97 Å². The standard InChI is InChI=1S/C15H25N3O2/c1-6-18(11(2)10-17(3)4)13-9-7-8-12(14(13)16)15(19)20-5/h7-9,11H,6,10,16H2,1-5H3. The van der Waals surface area contributed by atoms with E-state index in [1.54, 1.807) is 6.07 Å². The van der Waals surface area contributed by atoms with Crippen molar-refractivity contribution in [2.75, 3.05) is 44.9 Å². The van der Waals surface area contributed by atoms with Gasteiger partial charge in [0, 0.05) is 19.1 Å². The number of anilines is 2. The summed E-state index contributed by atoms with van der Waals surface area (Å²) in [6.45, 7) is 5.96. The number of nitrogen functional groups attached to an aromatic ring is 1. The van der Waals surface area contributed by atoms with Crippen molar-refractivity contribution in [1.29, 1.82) is 0 Å². The third-order valence-electron chi connectivity index (χ3n) is 3.30. The van der Waals surface area contributed by atoms with Gasteiger partial charge in [0.2, 0.25) is 0 Å². The van der Waals surface area contributed by atoms with E-state index in [9.17, 15) is 4.79 Å². The number of nitrogens with two attached hydrogens (primary N) is 1. The summed E-state index contributed by atoms with van der Waals surface area (Å²) in [6, 6.07) is 5.76. The molecular formula is C15H25N3O2. The predicted molar refractivity (Wildman–Crippen MR) is 83.2 cm³/mol. The van der Waals surface area contributed by atoms with Gasteiger partial charge in [-0.05, 0) is 40.1 Å². The molecule has 0 spiro atoms. The van der Waals surface area contributed by atoms with Crippen molar-refractivity contribution in [1.82, 2.24) is 4.90 Å². The third kappa shape index (κ3) is 3.63. The summed E-state index contributed by atoms with van der Waals surface area (Å²) in [5, 5.41) is 0. The first-order valence-corrected chi connectivity index (χ1v) is 6.80. The molecule has 1 rings (SSSR count). The minimum atomic E-state index is -0.402.